The summed E-state index contributed by atoms with van der Waals surface area (Å²) in [5, 5.41) is 0. The molecule has 0 saturated heterocycles. The van der Waals surface area contributed by atoms with Gasteiger partial charge in [0, 0.05) is 24.8 Å². The first kappa shape index (κ1) is 10.1. The Morgan fingerprint density at radius 3 is 2.60 bits per heavy atom. The summed E-state index contributed by atoms with van der Waals surface area (Å²) in [5.74, 6) is 1.69. The molecule has 0 atom stereocenters. The van der Waals surface area contributed by atoms with Crippen molar-refractivity contribution in [1.29, 1.82) is 0 Å². The Bertz CT molecular complexity index is 387. The van der Waals surface area contributed by atoms with E-state index in [4.69, 9.17) is 9.47 Å². The second kappa shape index (κ2) is 3.65. The van der Waals surface area contributed by atoms with Crippen LogP contribution in [0.5, 0.6) is 11.5 Å². The SMILES string of the molecule is COc1cc2c(c(C)c1OC)N(C)CC2. The first-order chi connectivity index (χ1) is 7.19. The second-order valence-corrected chi connectivity index (χ2v) is 3.92. The van der Waals surface area contributed by atoms with Crippen molar-refractivity contribution in [2.75, 3.05) is 32.7 Å². The summed E-state index contributed by atoms with van der Waals surface area (Å²) in [6.07, 6.45) is 1.09. The van der Waals surface area contributed by atoms with Gasteiger partial charge in [-0.05, 0) is 25.0 Å². The van der Waals surface area contributed by atoms with Crippen LogP contribution in [0, 0.1) is 6.92 Å². The maximum atomic E-state index is 5.39. The number of rotatable bonds is 2. The third-order valence-electron chi connectivity index (χ3n) is 3.05. The molecule has 3 heteroatoms. The van der Waals surface area contributed by atoms with E-state index in [1.54, 1.807) is 14.2 Å². The Kier molecular flexibility index (Phi) is 2.47. The molecule has 1 aromatic rings. The molecule has 1 aliphatic rings. The number of fused-ring (bicyclic) bond motifs is 1. The number of likely N-dealkylation sites (N-methyl/N-ethyl adjacent to an activating group) is 1. The van der Waals surface area contributed by atoms with Gasteiger partial charge < -0.3 is 14.4 Å². The van der Waals surface area contributed by atoms with Crippen LogP contribution in [0.2, 0.25) is 0 Å². The molecule has 3 nitrogen and oxygen atoms in total. The van der Waals surface area contributed by atoms with E-state index in [9.17, 15) is 0 Å². The summed E-state index contributed by atoms with van der Waals surface area (Å²) >= 11 is 0. The van der Waals surface area contributed by atoms with Crippen molar-refractivity contribution < 1.29 is 9.47 Å². The fourth-order valence-electron chi connectivity index (χ4n) is 2.35. The smallest absolute Gasteiger partial charge is 0.165 e. The zero-order valence-corrected chi connectivity index (χ0v) is 9.76. The monoisotopic (exact) mass is 207 g/mol. The zero-order valence-electron chi connectivity index (χ0n) is 9.76. The number of methoxy groups -OCH3 is 2. The van der Waals surface area contributed by atoms with Crippen LogP contribution in [0.25, 0.3) is 0 Å². The highest BCUT2D eigenvalue weighted by Crippen LogP contribution is 2.42. The van der Waals surface area contributed by atoms with Crippen molar-refractivity contribution in [1.82, 2.24) is 0 Å². The summed E-state index contributed by atoms with van der Waals surface area (Å²) < 4.78 is 10.7. The van der Waals surface area contributed by atoms with Gasteiger partial charge in [-0.2, -0.15) is 0 Å². The van der Waals surface area contributed by atoms with Gasteiger partial charge in [0.1, 0.15) is 0 Å². The molecule has 0 saturated carbocycles. The largest absolute Gasteiger partial charge is 0.493 e. The first-order valence-electron chi connectivity index (χ1n) is 5.14. The lowest BCUT2D eigenvalue weighted by atomic mass is 10.1. The third-order valence-corrected chi connectivity index (χ3v) is 3.05. The van der Waals surface area contributed by atoms with E-state index in [0.29, 0.717) is 0 Å². The van der Waals surface area contributed by atoms with Gasteiger partial charge in [0.05, 0.1) is 14.2 Å². The summed E-state index contributed by atoms with van der Waals surface area (Å²) in [5.41, 5.74) is 3.83. The minimum absolute atomic E-state index is 0.837. The van der Waals surface area contributed by atoms with Crippen LogP contribution in [0.4, 0.5) is 5.69 Å². The lowest BCUT2D eigenvalue weighted by Gasteiger charge is -2.19. The Hall–Kier alpha value is -1.38. The maximum absolute atomic E-state index is 5.39. The average Bonchev–Trinajstić information content (AvgIpc) is 2.60. The Balaban J connectivity index is 2.62. The van der Waals surface area contributed by atoms with Gasteiger partial charge in [-0.3, -0.25) is 0 Å². The number of anilines is 1. The van der Waals surface area contributed by atoms with Crippen molar-refractivity contribution in [3.05, 3.63) is 17.2 Å². The molecule has 1 aliphatic heterocycles. The minimum atomic E-state index is 0.837. The lowest BCUT2D eigenvalue weighted by molar-refractivity contribution is 0.353. The molecular weight excluding hydrogens is 190 g/mol. The molecule has 2 rings (SSSR count). The lowest BCUT2D eigenvalue weighted by Crippen LogP contribution is -2.13. The number of benzene rings is 1. The van der Waals surface area contributed by atoms with E-state index < -0.39 is 0 Å². The van der Waals surface area contributed by atoms with Crippen molar-refractivity contribution in [2.45, 2.75) is 13.3 Å². The van der Waals surface area contributed by atoms with Crippen LogP contribution in [-0.4, -0.2) is 27.8 Å². The van der Waals surface area contributed by atoms with Gasteiger partial charge in [-0.1, -0.05) is 0 Å². The topological polar surface area (TPSA) is 21.7 Å². The predicted molar refractivity (Wildman–Crippen MR) is 61.3 cm³/mol. The number of hydrogen-bond acceptors (Lipinski definition) is 3. The van der Waals surface area contributed by atoms with E-state index in [-0.39, 0.29) is 0 Å². The summed E-state index contributed by atoms with van der Waals surface area (Å²) in [4.78, 5) is 2.27. The highest BCUT2D eigenvalue weighted by Gasteiger charge is 2.23. The van der Waals surface area contributed by atoms with E-state index in [0.717, 1.165) is 24.5 Å². The van der Waals surface area contributed by atoms with Crippen molar-refractivity contribution in [3.8, 4) is 11.5 Å². The highest BCUT2D eigenvalue weighted by molar-refractivity contribution is 5.70. The van der Waals surface area contributed by atoms with Crippen LogP contribution in [0.15, 0.2) is 6.07 Å². The minimum Gasteiger partial charge on any atom is -0.493 e. The molecule has 1 aromatic carbocycles. The maximum Gasteiger partial charge on any atom is 0.165 e. The van der Waals surface area contributed by atoms with E-state index in [1.807, 2.05) is 0 Å². The molecule has 0 fully saturated rings. The summed E-state index contributed by atoms with van der Waals surface area (Å²) in [7, 11) is 5.49. The fourth-order valence-corrected chi connectivity index (χ4v) is 2.35. The average molecular weight is 207 g/mol. The first-order valence-corrected chi connectivity index (χ1v) is 5.14. The molecule has 1 heterocycles. The Morgan fingerprint density at radius 2 is 2.00 bits per heavy atom. The van der Waals surface area contributed by atoms with E-state index in [1.165, 1.54) is 16.8 Å². The fraction of sp³-hybridized carbons (Fsp3) is 0.500. The normalized spacial score (nSPS) is 14.0. The Morgan fingerprint density at radius 1 is 1.27 bits per heavy atom. The quantitative estimate of drug-likeness (QED) is 0.740. The zero-order chi connectivity index (χ0) is 11.0. The molecule has 0 unspecified atom stereocenters. The third kappa shape index (κ3) is 1.42. The second-order valence-electron chi connectivity index (χ2n) is 3.92. The van der Waals surface area contributed by atoms with E-state index >= 15 is 0 Å². The van der Waals surface area contributed by atoms with Crippen LogP contribution in [-0.2, 0) is 6.42 Å². The molecule has 0 amide bonds. The number of nitrogens with zero attached hydrogens (tertiary/aromatic N) is 1. The van der Waals surface area contributed by atoms with Crippen molar-refractivity contribution in [2.24, 2.45) is 0 Å². The van der Waals surface area contributed by atoms with Gasteiger partial charge in [0.25, 0.3) is 0 Å². The standard InChI is InChI=1S/C12H17NO2/c1-8-11-9(5-6-13(11)2)7-10(14-3)12(8)15-4/h7H,5-6H2,1-4H3. The Labute approximate surface area is 90.6 Å². The number of ether oxygens (including phenoxy) is 2. The molecule has 0 N–H and O–H groups in total. The molecular formula is C12H17NO2. The van der Waals surface area contributed by atoms with E-state index in [2.05, 4.69) is 24.9 Å². The predicted octanol–water partition coefficient (Wildman–Crippen LogP) is 2.00. The highest BCUT2D eigenvalue weighted by atomic mass is 16.5. The molecule has 82 valence electrons. The van der Waals surface area contributed by atoms with Gasteiger partial charge in [-0.15, -0.1) is 0 Å². The molecule has 0 radical (unpaired) electrons. The molecule has 0 aliphatic carbocycles. The van der Waals surface area contributed by atoms with Gasteiger partial charge in [0.15, 0.2) is 11.5 Å². The summed E-state index contributed by atoms with van der Waals surface area (Å²) in [6, 6.07) is 2.09. The van der Waals surface area contributed by atoms with Gasteiger partial charge >= 0.3 is 0 Å². The van der Waals surface area contributed by atoms with Gasteiger partial charge in [-0.25, -0.2) is 0 Å². The van der Waals surface area contributed by atoms with Crippen LogP contribution >= 0.6 is 0 Å². The molecule has 15 heavy (non-hydrogen) atoms. The van der Waals surface area contributed by atoms with Crippen molar-refractivity contribution >= 4 is 5.69 Å². The molecule has 0 spiro atoms. The summed E-state index contributed by atoms with van der Waals surface area (Å²) in [6.45, 7) is 3.16. The van der Waals surface area contributed by atoms with Crippen LogP contribution < -0.4 is 14.4 Å². The van der Waals surface area contributed by atoms with Gasteiger partial charge in [0.2, 0.25) is 0 Å². The van der Waals surface area contributed by atoms with Crippen LogP contribution in [0.1, 0.15) is 11.1 Å². The molecule has 0 bridgehead atoms. The van der Waals surface area contributed by atoms with Crippen molar-refractivity contribution in [3.63, 3.8) is 0 Å². The number of hydrogen-bond donors (Lipinski definition) is 0. The molecule has 0 aromatic heterocycles. The van der Waals surface area contributed by atoms with Crippen LogP contribution in [0.3, 0.4) is 0 Å².